The van der Waals surface area contributed by atoms with E-state index in [2.05, 4.69) is 38.5 Å². The van der Waals surface area contributed by atoms with Gasteiger partial charge in [-0.15, -0.1) is 11.3 Å². The summed E-state index contributed by atoms with van der Waals surface area (Å²) in [6, 6.07) is 6.09. The van der Waals surface area contributed by atoms with E-state index in [1.165, 1.54) is 11.3 Å². The lowest BCUT2D eigenvalue weighted by molar-refractivity contribution is 0.0950. The second kappa shape index (κ2) is 11.8. The van der Waals surface area contributed by atoms with Crippen molar-refractivity contribution in [2.45, 2.75) is 72.0 Å². The van der Waals surface area contributed by atoms with Gasteiger partial charge in [-0.3, -0.25) is 9.59 Å². The molecule has 9 nitrogen and oxygen atoms in total. The first-order valence-electron chi connectivity index (χ1n) is 13.0. The normalized spacial score (nSPS) is 17.2. The summed E-state index contributed by atoms with van der Waals surface area (Å²) in [5.74, 6) is -0.244. The first-order valence-corrected chi connectivity index (χ1v) is 13.8. The van der Waals surface area contributed by atoms with E-state index in [4.69, 9.17) is 5.11 Å². The number of hydrogen-bond acceptors (Lipinski definition) is 6. The van der Waals surface area contributed by atoms with Crippen molar-refractivity contribution in [3.63, 3.8) is 0 Å². The van der Waals surface area contributed by atoms with Crippen LogP contribution in [0.15, 0.2) is 34.6 Å². The Morgan fingerprint density at radius 2 is 1.89 bits per heavy atom. The Hall–Kier alpha value is -3.66. The van der Waals surface area contributed by atoms with Gasteiger partial charge in [0, 0.05) is 64.8 Å². The van der Waals surface area contributed by atoms with E-state index in [1.54, 1.807) is 6.20 Å². The third-order valence-corrected chi connectivity index (χ3v) is 8.16. The number of carbonyl (C=O) groups excluding carboxylic acids is 1. The van der Waals surface area contributed by atoms with E-state index in [-0.39, 0.29) is 30.1 Å². The lowest BCUT2D eigenvalue weighted by atomic mass is 9.89. The standard InChI is InChI=1S/C28H35N5O4S/c1-5-33(21-8-6-20(7-9-21)32-28(36)37)24-14-19(27-29-10-11-38-27)13-22(18(24)4)25(34)30-15-23-16(2)12-17(3)31-26(23)35/h10-14,20-21,32H,5-9,15H2,1-4H3,(H,30,34)(H,31,35)(H,36,37). The van der Waals surface area contributed by atoms with Gasteiger partial charge in [-0.25, -0.2) is 9.78 Å². The molecule has 1 aromatic carbocycles. The summed E-state index contributed by atoms with van der Waals surface area (Å²) in [4.78, 5) is 46.7. The molecule has 1 saturated carbocycles. The van der Waals surface area contributed by atoms with Crippen molar-refractivity contribution in [2.24, 2.45) is 0 Å². The highest BCUT2D eigenvalue weighted by Gasteiger charge is 2.28. The minimum absolute atomic E-state index is 0.0278. The third-order valence-electron chi connectivity index (χ3n) is 7.34. The van der Waals surface area contributed by atoms with Crippen LogP contribution in [-0.4, -0.2) is 45.7 Å². The number of amides is 2. The average molecular weight is 538 g/mol. The number of nitrogens with one attached hydrogen (secondary N) is 3. The van der Waals surface area contributed by atoms with E-state index < -0.39 is 6.09 Å². The van der Waals surface area contributed by atoms with Crippen LogP contribution >= 0.6 is 11.3 Å². The van der Waals surface area contributed by atoms with Crippen molar-refractivity contribution in [3.05, 3.63) is 68.1 Å². The molecule has 38 heavy (non-hydrogen) atoms. The van der Waals surface area contributed by atoms with Gasteiger partial charge in [0.1, 0.15) is 5.01 Å². The Morgan fingerprint density at radius 3 is 2.50 bits per heavy atom. The van der Waals surface area contributed by atoms with Gasteiger partial charge in [-0.05, 0) is 82.7 Å². The Bertz CT molecular complexity index is 1360. The number of pyridine rings is 1. The van der Waals surface area contributed by atoms with Gasteiger partial charge in [0.2, 0.25) is 0 Å². The Balaban J connectivity index is 1.64. The van der Waals surface area contributed by atoms with Gasteiger partial charge in [0.25, 0.3) is 11.5 Å². The summed E-state index contributed by atoms with van der Waals surface area (Å²) < 4.78 is 0. The largest absolute Gasteiger partial charge is 0.465 e. The zero-order valence-electron chi connectivity index (χ0n) is 22.3. The maximum absolute atomic E-state index is 13.5. The molecule has 10 heteroatoms. The zero-order valence-corrected chi connectivity index (χ0v) is 23.1. The van der Waals surface area contributed by atoms with E-state index >= 15 is 0 Å². The van der Waals surface area contributed by atoms with E-state index in [0.717, 1.165) is 65.3 Å². The fourth-order valence-corrected chi connectivity index (χ4v) is 6.05. The molecule has 4 rings (SSSR count). The van der Waals surface area contributed by atoms with Crippen LogP contribution in [0.1, 0.15) is 65.3 Å². The van der Waals surface area contributed by atoms with E-state index in [9.17, 15) is 14.4 Å². The average Bonchev–Trinajstić information content (AvgIpc) is 3.40. The van der Waals surface area contributed by atoms with Crippen LogP contribution in [0.25, 0.3) is 10.6 Å². The number of aryl methyl sites for hydroxylation is 2. The fourth-order valence-electron chi connectivity index (χ4n) is 5.42. The number of anilines is 1. The molecule has 1 aliphatic carbocycles. The summed E-state index contributed by atoms with van der Waals surface area (Å²) in [6.45, 7) is 8.65. The highest BCUT2D eigenvalue weighted by Crippen LogP contribution is 2.35. The summed E-state index contributed by atoms with van der Waals surface area (Å²) in [5.41, 5.74) is 5.23. The molecule has 2 aromatic heterocycles. The van der Waals surface area contributed by atoms with Crippen LogP contribution < -0.4 is 21.1 Å². The molecule has 0 bridgehead atoms. The van der Waals surface area contributed by atoms with Crippen molar-refractivity contribution in [3.8, 4) is 10.6 Å². The molecule has 3 aromatic rings. The van der Waals surface area contributed by atoms with E-state index in [1.807, 2.05) is 38.3 Å². The van der Waals surface area contributed by atoms with Gasteiger partial charge in [0.15, 0.2) is 0 Å². The number of carboxylic acid groups (broad SMARTS) is 1. The van der Waals surface area contributed by atoms with Crippen molar-refractivity contribution in [1.82, 2.24) is 20.6 Å². The number of thiazole rings is 1. The van der Waals surface area contributed by atoms with Crippen molar-refractivity contribution in [1.29, 1.82) is 0 Å². The number of nitrogens with zero attached hydrogens (tertiary/aromatic N) is 2. The van der Waals surface area contributed by atoms with Gasteiger partial charge in [-0.2, -0.15) is 0 Å². The molecule has 2 amide bonds. The predicted octanol–water partition coefficient (Wildman–Crippen LogP) is 4.76. The fraction of sp³-hybridized carbons (Fsp3) is 0.429. The summed E-state index contributed by atoms with van der Waals surface area (Å²) >= 11 is 1.52. The molecule has 0 unspecified atom stereocenters. The lowest BCUT2D eigenvalue weighted by Gasteiger charge is -2.39. The topological polar surface area (TPSA) is 127 Å². The molecule has 202 valence electrons. The molecule has 1 aliphatic rings. The number of hydrogen-bond donors (Lipinski definition) is 4. The number of aromatic nitrogens is 2. The number of carbonyl (C=O) groups is 2. The van der Waals surface area contributed by atoms with Crippen LogP contribution in [-0.2, 0) is 6.54 Å². The molecule has 0 aliphatic heterocycles. The number of aromatic amines is 1. The monoisotopic (exact) mass is 537 g/mol. The molecule has 2 heterocycles. The summed E-state index contributed by atoms with van der Waals surface area (Å²) in [6.07, 6.45) is 4.03. The summed E-state index contributed by atoms with van der Waals surface area (Å²) in [5, 5.41) is 17.4. The van der Waals surface area contributed by atoms with Crippen molar-refractivity contribution in [2.75, 3.05) is 11.4 Å². The Labute approximate surface area is 226 Å². The van der Waals surface area contributed by atoms with Crippen LogP contribution in [0, 0.1) is 20.8 Å². The van der Waals surface area contributed by atoms with Crippen LogP contribution in [0.4, 0.5) is 10.5 Å². The minimum atomic E-state index is -0.980. The molecule has 0 saturated heterocycles. The van der Waals surface area contributed by atoms with Crippen molar-refractivity contribution < 1.29 is 14.7 Å². The lowest BCUT2D eigenvalue weighted by Crippen LogP contribution is -2.44. The molecular weight excluding hydrogens is 502 g/mol. The van der Waals surface area contributed by atoms with E-state index in [0.29, 0.717) is 11.1 Å². The second-order valence-electron chi connectivity index (χ2n) is 9.87. The van der Waals surface area contributed by atoms with Gasteiger partial charge in [0.05, 0.1) is 0 Å². The number of benzene rings is 1. The molecule has 0 radical (unpaired) electrons. The predicted molar refractivity (Wildman–Crippen MR) is 150 cm³/mol. The highest BCUT2D eigenvalue weighted by atomic mass is 32.1. The maximum atomic E-state index is 13.5. The first-order chi connectivity index (χ1) is 18.2. The minimum Gasteiger partial charge on any atom is -0.465 e. The van der Waals surface area contributed by atoms with Crippen LogP contribution in [0.3, 0.4) is 0 Å². The smallest absolute Gasteiger partial charge is 0.404 e. The Kier molecular flexibility index (Phi) is 8.51. The number of H-pyrrole nitrogens is 1. The molecule has 0 atom stereocenters. The van der Waals surface area contributed by atoms with Gasteiger partial charge in [-0.1, -0.05) is 0 Å². The SMILES string of the molecule is CCN(c1cc(-c2nccs2)cc(C(=O)NCc2c(C)cc(C)[nH]c2=O)c1C)C1CCC(NC(=O)O)CC1. The zero-order chi connectivity index (χ0) is 27.4. The maximum Gasteiger partial charge on any atom is 0.404 e. The van der Waals surface area contributed by atoms with Gasteiger partial charge >= 0.3 is 6.09 Å². The number of rotatable bonds is 8. The van der Waals surface area contributed by atoms with Crippen molar-refractivity contribution >= 4 is 29.0 Å². The van der Waals surface area contributed by atoms with Crippen LogP contribution in [0.5, 0.6) is 0 Å². The second-order valence-corrected chi connectivity index (χ2v) is 10.8. The Morgan fingerprint density at radius 1 is 1.16 bits per heavy atom. The first kappa shape index (κ1) is 27.4. The molecule has 4 N–H and O–H groups in total. The third kappa shape index (κ3) is 6.07. The summed E-state index contributed by atoms with van der Waals surface area (Å²) in [7, 11) is 0. The molecule has 1 fully saturated rings. The highest BCUT2D eigenvalue weighted by molar-refractivity contribution is 7.13. The van der Waals surface area contributed by atoms with Gasteiger partial charge < -0.3 is 25.6 Å². The quantitative estimate of drug-likeness (QED) is 0.328. The molecular formula is C28H35N5O4S. The van der Waals surface area contributed by atoms with Crippen LogP contribution in [0.2, 0.25) is 0 Å². The molecule has 0 spiro atoms.